The third kappa shape index (κ3) is 5.58. The Morgan fingerprint density at radius 3 is 1.40 bits per heavy atom. The highest BCUT2D eigenvalue weighted by atomic mass is 15.0. The van der Waals surface area contributed by atoms with Crippen LogP contribution in [0.3, 0.4) is 0 Å². The average molecular weight is 801 g/mol. The summed E-state index contributed by atoms with van der Waals surface area (Å²) in [5.74, 6) is 0.137. The number of nitrogens with zero attached hydrogens (tertiary/aromatic N) is 2. The van der Waals surface area contributed by atoms with Crippen molar-refractivity contribution in [3.8, 4) is 55.9 Å². The molecule has 0 fully saturated rings. The van der Waals surface area contributed by atoms with Crippen molar-refractivity contribution in [3.05, 3.63) is 253 Å². The number of benzene rings is 10. The number of fused-ring (bicyclic) bond motifs is 9. The fourth-order valence-electron chi connectivity index (χ4n) is 10.6. The molecule has 0 N–H and O–H groups in total. The molecule has 2 nitrogen and oxygen atoms in total. The number of hydrogen-bond donors (Lipinski definition) is 0. The first-order valence-electron chi connectivity index (χ1n) is 21.9. The van der Waals surface area contributed by atoms with Gasteiger partial charge in [0.15, 0.2) is 0 Å². The molecule has 0 amide bonds. The fraction of sp³-hybridized carbons (Fsp3) is 0.0164. The predicted octanol–water partition coefficient (Wildman–Crippen LogP) is 16.0. The van der Waals surface area contributed by atoms with Crippen LogP contribution in [0.5, 0.6) is 0 Å². The van der Waals surface area contributed by atoms with Gasteiger partial charge in [-0.25, -0.2) is 0 Å². The first-order chi connectivity index (χ1) is 31.3. The van der Waals surface area contributed by atoms with Gasteiger partial charge >= 0.3 is 0 Å². The minimum atomic E-state index is 0.137. The van der Waals surface area contributed by atoms with E-state index in [2.05, 4.69) is 246 Å². The Hall–Kier alpha value is -8.20. The van der Waals surface area contributed by atoms with Crippen LogP contribution in [0.4, 0.5) is 0 Å². The molecule has 1 aliphatic rings. The molecule has 10 aromatic carbocycles. The number of rotatable bonds is 6. The lowest BCUT2D eigenvalue weighted by Crippen LogP contribution is -2.01. The molecular formula is C61H40N2. The molecule has 294 valence electrons. The smallest absolute Gasteiger partial charge is 0.0542 e. The summed E-state index contributed by atoms with van der Waals surface area (Å²) < 4.78 is 4.89. The molecule has 0 atom stereocenters. The SMILES string of the molecule is c1ccc(-c2cc(-c3ccc(-n4c5ccccc5c5cc(-n6c7ccccc7c7ccccc76)ccc54)c(-c4ccccc4)c3)cc(C3c4ccccc4-c4ccccc43)c2)cc1. The van der Waals surface area contributed by atoms with Crippen LogP contribution in [0.2, 0.25) is 0 Å². The Labute approximate surface area is 366 Å². The Morgan fingerprint density at radius 1 is 0.270 bits per heavy atom. The molecule has 0 aliphatic heterocycles. The predicted molar refractivity (Wildman–Crippen MR) is 264 cm³/mol. The molecule has 0 radical (unpaired) electrons. The molecule has 2 heteroatoms. The summed E-state index contributed by atoms with van der Waals surface area (Å²) in [4.78, 5) is 0. The van der Waals surface area contributed by atoms with Crippen molar-refractivity contribution in [1.82, 2.24) is 9.13 Å². The molecule has 13 rings (SSSR count). The van der Waals surface area contributed by atoms with Crippen molar-refractivity contribution >= 4 is 43.6 Å². The topological polar surface area (TPSA) is 9.86 Å². The molecule has 1 aliphatic carbocycles. The van der Waals surface area contributed by atoms with E-state index in [0.29, 0.717) is 0 Å². The maximum absolute atomic E-state index is 2.48. The van der Waals surface area contributed by atoms with E-state index in [1.54, 1.807) is 0 Å². The minimum absolute atomic E-state index is 0.137. The Morgan fingerprint density at radius 2 is 0.762 bits per heavy atom. The standard InChI is InChI=1S/C61H40N2/c1-3-17-40(18-4-1)43-35-44(37-45(36-43)61-52-26-9-7-21-47(52)48-22-8-10-27-53(48)61)42-31-33-59(54(38-42)41-19-5-2-6-20-41)63-58-30-16-13-25-51(58)55-39-46(32-34-60(55)63)62-56-28-14-11-23-49(56)50-24-12-15-29-57(50)62/h1-39,61H. The third-order valence-electron chi connectivity index (χ3n) is 13.4. The molecule has 0 saturated carbocycles. The zero-order valence-electron chi connectivity index (χ0n) is 34.5. The second-order valence-corrected chi connectivity index (χ2v) is 16.8. The van der Waals surface area contributed by atoms with Gasteiger partial charge in [0.25, 0.3) is 0 Å². The normalized spacial score (nSPS) is 12.4. The summed E-state index contributed by atoms with van der Waals surface area (Å²) in [6.45, 7) is 0. The van der Waals surface area contributed by atoms with E-state index in [1.165, 1.54) is 105 Å². The van der Waals surface area contributed by atoms with E-state index in [4.69, 9.17) is 0 Å². The first-order valence-corrected chi connectivity index (χ1v) is 21.9. The maximum atomic E-state index is 2.48. The van der Waals surface area contributed by atoms with Gasteiger partial charge in [0.2, 0.25) is 0 Å². The van der Waals surface area contributed by atoms with E-state index >= 15 is 0 Å². The Kier molecular flexibility index (Phi) is 8.01. The van der Waals surface area contributed by atoms with Gasteiger partial charge in [-0.2, -0.15) is 0 Å². The van der Waals surface area contributed by atoms with Crippen molar-refractivity contribution in [2.45, 2.75) is 5.92 Å². The molecule has 0 bridgehead atoms. The van der Waals surface area contributed by atoms with Crippen LogP contribution in [0.15, 0.2) is 237 Å². The van der Waals surface area contributed by atoms with Gasteiger partial charge < -0.3 is 9.13 Å². The number of para-hydroxylation sites is 3. The monoisotopic (exact) mass is 800 g/mol. The Balaban J connectivity index is 1.02. The van der Waals surface area contributed by atoms with Crippen LogP contribution in [0.25, 0.3) is 99.5 Å². The quantitative estimate of drug-likeness (QED) is 0.159. The largest absolute Gasteiger partial charge is 0.309 e. The fourth-order valence-corrected chi connectivity index (χ4v) is 10.6. The van der Waals surface area contributed by atoms with E-state index < -0.39 is 0 Å². The van der Waals surface area contributed by atoms with Crippen molar-refractivity contribution in [1.29, 1.82) is 0 Å². The minimum Gasteiger partial charge on any atom is -0.309 e. The second-order valence-electron chi connectivity index (χ2n) is 16.8. The lowest BCUT2D eigenvalue weighted by molar-refractivity contribution is 1.02. The summed E-state index contributed by atoms with van der Waals surface area (Å²) in [7, 11) is 0. The molecule has 0 spiro atoms. The lowest BCUT2D eigenvalue weighted by atomic mass is 9.85. The molecule has 0 saturated heterocycles. The highest BCUT2D eigenvalue weighted by molar-refractivity contribution is 6.12. The van der Waals surface area contributed by atoms with Crippen molar-refractivity contribution in [2.24, 2.45) is 0 Å². The Bertz CT molecular complexity index is 3640. The van der Waals surface area contributed by atoms with E-state index in [0.717, 1.165) is 11.4 Å². The van der Waals surface area contributed by atoms with Gasteiger partial charge in [0, 0.05) is 38.7 Å². The van der Waals surface area contributed by atoms with Gasteiger partial charge in [-0.05, 0) is 110 Å². The summed E-state index contributed by atoms with van der Waals surface area (Å²) in [5.41, 5.74) is 21.0. The maximum Gasteiger partial charge on any atom is 0.0542 e. The molecular weight excluding hydrogens is 761 g/mol. The summed E-state index contributed by atoms with van der Waals surface area (Å²) in [5, 5.41) is 4.99. The number of hydrogen-bond acceptors (Lipinski definition) is 0. The van der Waals surface area contributed by atoms with E-state index in [-0.39, 0.29) is 5.92 Å². The summed E-state index contributed by atoms with van der Waals surface area (Å²) in [6.07, 6.45) is 0. The molecule has 12 aromatic rings. The molecule has 0 unspecified atom stereocenters. The highest BCUT2D eigenvalue weighted by Crippen LogP contribution is 2.49. The zero-order chi connectivity index (χ0) is 41.4. The van der Waals surface area contributed by atoms with Gasteiger partial charge in [-0.15, -0.1) is 0 Å². The van der Waals surface area contributed by atoms with Gasteiger partial charge in [0.1, 0.15) is 0 Å². The average Bonchev–Trinajstić information content (AvgIpc) is 4.00. The number of aromatic nitrogens is 2. The van der Waals surface area contributed by atoms with Crippen LogP contribution in [-0.2, 0) is 0 Å². The van der Waals surface area contributed by atoms with Crippen molar-refractivity contribution < 1.29 is 0 Å². The van der Waals surface area contributed by atoms with Crippen LogP contribution < -0.4 is 0 Å². The van der Waals surface area contributed by atoms with Crippen LogP contribution in [0.1, 0.15) is 22.6 Å². The van der Waals surface area contributed by atoms with Crippen molar-refractivity contribution in [3.63, 3.8) is 0 Å². The zero-order valence-corrected chi connectivity index (χ0v) is 34.5. The first kappa shape index (κ1) is 35.5. The molecule has 63 heavy (non-hydrogen) atoms. The third-order valence-corrected chi connectivity index (χ3v) is 13.4. The summed E-state index contributed by atoms with van der Waals surface area (Å²) in [6, 6.07) is 87.3. The van der Waals surface area contributed by atoms with E-state index in [9.17, 15) is 0 Å². The van der Waals surface area contributed by atoms with Crippen LogP contribution in [0, 0.1) is 0 Å². The molecule has 2 aromatic heterocycles. The second kappa shape index (κ2) is 14.2. The van der Waals surface area contributed by atoms with Gasteiger partial charge in [0.05, 0.1) is 27.8 Å². The summed E-state index contributed by atoms with van der Waals surface area (Å²) >= 11 is 0. The van der Waals surface area contributed by atoms with Crippen LogP contribution in [-0.4, -0.2) is 9.13 Å². The lowest BCUT2D eigenvalue weighted by Gasteiger charge is -2.19. The van der Waals surface area contributed by atoms with Crippen LogP contribution >= 0.6 is 0 Å². The van der Waals surface area contributed by atoms with E-state index in [1.807, 2.05) is 0 Å². The van der Waals surface area contributed by atoms with Crippen molar-refractivity contribution in [2.75, 3.05) is 0 Å². The van der Waals surface area contributed by atoms with Gasteiger partial charge in [-0.3, -0.25) is 0 Å². The molecule has 2 heterocycles. The highest BCUT2D eigenvalue weighted by Gasteiger charge is 2.30. The van der Waals surface area contributed by atoms with Gasteiger partial charge in [-0.1, -0.05) is 182 Å².